The topological polar surface area (TPSA) is 116 Å². The van der Waals surface area contributed by atoms with Gasteiger partial charge in [0.2, 0.25) is 0 Å². The highest BCUT2D eigenvalue weighted by molar-refractivity contribution is 5.83. The van der Waals surface area contributed by atoms with E-state index in [0.717, 1.165) is 48.3 Å². The summed E-state index contributed by atoms with van der Waals surface area (Å²) in [6.45, 7) is 12.3. The largest absolute Gasteiger partial charge is 0.444 e. The van der Waals surface area contributed by atoms with Gasteiger partial charge in [-0.1, -0.05) is 24.3 Å². The number of benzene rings is 2. The molecule has 0 spiro atoms. The zero-order valence-corrected chi connectivity index (χ0v) is 26.7. The quantitative estimate of drug-likeness (QED) is 0.241. The summed E-state index contributed by atoms with van der Waals surface area (Å²) >= 11 is 0. The maximum atomic E-state index is 15.3. The van der Waals surface area contributed by atoms with Crippen LogP contribution in [0.2, 0.25) is 0 Å². The minimum Gasteiger partial charge on any atom is -0.444 e. The Morgan fingerprint density at radius 3 is 1.93 bits per heavy atom. The van der Waals surface area contributed by atoms with E-state index in [-0.39, 0.29) is 29.8 Å². The average Bonchev–Trinajstić information content (AvgIpc) is 3.75. The fourth-order valence-corrected chi connectivity index (χ4v) is 6.09. The minimum absolute atomic E-state index is 0.165. The molecule has 2 N–H and O–H groups in total. The van der Waals surface area contributed by atoms with Gasteiger partial charge in [0, 0.05) is 13.1 Å². The Balaban J connectivity index is 1.19. The number of carbonyl (C=O) groups is 2. The van der Waals surface area contributed by atoms with Crippen LogP contribution in [-0.4, -0.2) is 66.2 Å². The molecule has 2 aromatic heterocycles. The molecule has 6 rings (SSSR count). The Morgan fingerprint density at radius 1 is 0.800 bits per heavy atom. The van der Waals surface area contributed by atoms with Crippen LogP contribution in [0.15, 0.2) is 42.6 Å². The Labute approximate surface area is 262 Å². The third-order valence-corrected chi connectivity index (χ3v) is 8.08. The smallest absolute Gasteiger partial charge is 0.410 e. The number of likely N-dealkylation sites (tertiary alicyclic amines) is 2. The van der Waals surface area contributed by atoms with E-state index in [2.05, 4.69) is 19.9 Å². The van der Waals surface area contributed by atoms with E-state index in [9.17, 15) is 9.59 Å². The van der Waals surface area contributed by atoms with Crippen molar-refractivity contribution in [1.82, 2.24) is 29.7 Å². The highest BCUT2D eigenvalue weighted by atomic mass is 19.1. The van der Waals surface area contributed by atoms with Gasteiger partial charge < -0.3 is 19.4 Å². The van der Waals surface area contributed by atoms with E-state index in [1.807, 2.05) is 71.9 Å². The maximum absolute atomic E-state index is 15.3. The SMILES string of the molecule is CC(C)(C)OC(=O)N1CCC[C@H]1c1ncc(-c2ccc(-c3cc(F)c4nc([C@@H]5CCCN5C(=O)OC(C)(C)C)[nH]c4c3)cc2)[nH]1. The van der Waals surface area contributed by atoms with Crippen molar-refractivity contribution >= 4 is 23.2 Å². The second-order valence-electron chi connectivity index (χ2n) is 13.9. The van der Waals surface area contributed by atoms with Crippen LogP contribution >= 0.6 is 0 Å². The second kappa shape index (κ2) is 11.5. The van der Waals surface area contributed by atoms with Gasteiger partial charge in [-0.3, -0.25) is 9.80 Å². The van der Waals surface area contributed by atoms with E-state index in [1.54, 1.807) is 16.0 Å². The van der Waals surface area contributed by atoms with Crippen LogP contribution in [0, 0.1) is 5.82 Å². The molecule has 11 heteroatoms. The normalized spacial score (nSPS) is 19.0. The highest BCUT2D eigenvalue weighted by Crippen LogP contribution is 2.36. The van der Waals surface area contributed by atoms with E-state index in [1.165, 1.54) is 6.07 Å². The predicted octanol–water partition coefficient (Wildman–Crippen LogP) is 7.90. The number of nitrogens with one attached hydrogen (secondary N) is 2. The molecule has 4 aromatic rings. The lowest BCUT2D eigenvalue weighted by atomic mass is 10.0. The van der Waals surface area contributed by atoms with Crippen LogP contribution in [0.4, 0.5) is 14.0 Å². The van der Waals surface area contributed by atoms with E-state index in [0.29, 0.717) is 30.0 Å². The number of imidazole rings is 2. The van der Waals surface area contributed by atoms with Crippen molar-refractivity contribution in [2.45, 2.75) is 90.5 Å². The van der Waals surface area contributed by atoms with Gasteiger partial charge in [-0.25, -0.2) is 23.9 Å². The molecule has 45 heavy (non-hydrogen) atoms. The monoisotopic (exact) mass is 616 g/mol. The molecule has 0 aliphatic carbocycles. The molecule has 10 nitrogen and oxygen atoms in total. The Kier molecular flexibility index (Phi) is 7.82. The molecule has 0 radical (unpaired) electrons. The number of nitrogens with zero attached hydrogens (tertiary/aromatic N) is 4. The molecule has 4 heterocycles. The van der Waals surface area contributed by atoms with Crippen molar-refractivity contribution < 1.29 is 23.5 Å². The number of H-pyrrole nitrogens is 2. The molecule has 2 aromatic carbocycles. The predicted molar refractivity (Wildman–Crippen MR) is 169 cm³/mol. The average molecular weight is 617 g/mol. The minimum atomic E-state index is -0.604. The van der Waals surface area contributed by atoms with Crippen LogP contribution in [-0.2, 0) is 9.47 Å². The first kappa shape index (κ1) is 30.6. The number of aromatic nitrogens is 4. The third kappa shape index (κ3) is 6.53. The number of halogens is 1. The molecule has 2 aliphatic rings. The zero-order valence-electron chi connectivity index (χ0n) is 26.7. The summed E-state index contributed by atoms with van der Waals surface area (Å²) in [7, 11) is 0. The first-order valence-electron chi connectivity index (χ1n) is 15.6. The lowest BCUT2D eigenvalue weighted by Gasteiger charge is -2.27. The van der Waals surface area contributed by atoms with Gasteiger partial charge in [0.25, 0.3) is 0 Å². The molecule has 2 fully saturated rings. The van der Waals surface area contributed by atoms with Crippen molar-refractivity contribution in [1.29, 1.82) is 0 Å². The van der Waals surface area contributed by atoms with Gasteiger partial charge >= 0.3 is 12.2 Å². The highest BCUT2D eigenvalue weighted by Gasteiger charge is 2.36. The van der Waals surface area contributed by atoms with Gasteiger partial charge in [-0.15, -0.1) is 0 Å². The second-order valence-corrected chi connectivity index (χ2v) is 13.9. The van der Waals surface area contributed by atoms with Crippen molar-refractivity contribution in [3.8, 4) is 22.4 Å². The fourth-order valence-electron chi connectivity index (χ4n) is 6.09. The summed E-state index contributed by atoms with van der Waals surface area (Å²) in [5, 5.41) is 0. The molecule has 2 amide bonds. The molecular formula is C34H41FN6O4. The number of aromatic amines is 2. The van der Waals surface area contributed by atoms with E-state index < -0.39 is 17.0 Å². The zero-order chi connectivity index (χ0) is 32.1. The first-order valence-corrected chi connectivity index (χ1v) is 15.6. The van der Waals surface area contributed by atoms with Crippen LogP contribution in [0.3, 0.4) is 0 Å². The Morgan fingerprint density at radius 2 is 1.36 bits per heavy atom. The Hall–Kier alpha value is -4.41. The van der Waals surface area contributed by atoms with Crippen LogP contribution in [0.25, 0.3) is 33.4 Å². The van der Waals surface area contributed by atoms with E-state index in [4.69, 9.17) is 9.47 Å². The van der Waals surface area contributed by atoms with Gasteiger partial charge in [-0.2, -0.15) is 0 Å². The summed E-state index contributed by atoms with van der Waals surface area (Å²) in [4.78, 5) is 44.8. The number of rotatable bonds is 4. The molecular weight excluding hydrogens is 575 g/mol. The summed E-state index contributed by atoms with van der Waals surface area (Å²) in [5.41, 5.74) is 2.97. The molecule has 238 valence electrons. The molecule has 2 atom stereocenters. The lowest BCUT2D eigenvalue weighted by Crippen LogP contribution is -2.36. The van der Waals surface area contributed by atoms with Crippen LogP contribution in [0.1, 0.15) is 91.0 Å². The number of fused-ring (bicyclic) bond motifs is 1. The number of ether oxygens (including phenoxy) is 2. The molecule has 2 aliphatic heterocycles. The first-order chi connectivity index (χ1) is 21.3. The summed E-state index contributed by atoms with van der Waals surface area (Å²) in [5.74, 6) is 0.856. The summed E-state index contributed by atoms with van der Waals surface area (Å²) in [6.07, 6.45) is 4.30. The molecule has 0 unspecified atom stereocenters. The number of hydrogen-bond donors (Lipinski definition) is 2. The van der Waals surface area contributed by atoms with Crippen LogP contribution in [0.5, 0.6) is 0 Å². The third-order valence-electron chi connectivity index (χ3n) is 8.08. The van der Waals surface area contributed by atoms with Gasteiger partial charge in [0.05, 0.1) is 29.5 Å². The van der Waals surface area contributed by atoms with Crippen molar-refractivity contribution in [2.24, 2.45) is 0 Å². The van der Waals surface area contributed by atoms with Crippen molar-refractivity contribution in [3.05, 3.63) is 60.1 Å². The molecule has 0 bridgehead atoms. The standard InChI is InChI=1S/C34H41FN6O4/c1-33(2,3)44-31(42)40-15-7-9-26(40)29-36-19-25(38-29)21-13-11-20(12-14-21)22-17-23(35)28-24(18-22)37-30(39-28)27-10-8-16-41(27)32(43)45-34(4,5)6/h11-14,17-19,26-27H,7-10,15-16H2,1-6H3,(H,36,38)(H,37,39)/t26-,27-/m0/s1. The van der Waals surface area contributed by atoms with Gasteiger partial charge in [-0.05, 0) is 96.0 Å². The number of amides is 2. The van der Waals surface area contributed by atoms with Gasteiger partial charge in [0.1, 0.15) is 28.4 Å². The van der Waals surface area contributed by atoms with E-state index >= 15 is 4.39 Å². The maximum Gasteiger partial charge on any atom is 0.410 e. The van der Waals surface area contributed by atoms with Crippen LogP contribution < -0.4 is 0 Å². The molecule has 0 saturated carbocycles. The summed E-state index contributed by atoms with van der Waals surface area (Å²) in [6, 6.07) is 10.7. The van der Waals surface area contributed by atoms with Crippen molar-refractivity contribution in [3.63, 3.8) is 0 Å². The number of hydrogen-bond acceptors (Lipinski definition) is 6. The Bertz CT molecular complexity index is 1720. The molecule has 2 saturated heterocycles. The fraction of sp³-hybridized carbons (Fsp3) is 0.471. The summed E-state index contributed by atoms with van der Waals surface area (Å²) < 4.78 is 26.5. The van der Waals surface area contributed by atoms with Crippen molar-refractivity contribution in [2.75, 3.05) is 13.1 Å². The lowest BCUT2D eigenvalue weighted by molar-refractivity contribution is 0.0208. The number of carbonyl (C=O) groups excluding carboxylic acids is 2. The van der Waals surface area contributed by atoms with Gasteiger partial charge in [0.15, 0.2) is 5.82 Å².